The molecule has 2 N–H and O–H groups in total. The van der Waals surface area contributed by atoms with Crippen molar-refractivity contribution in [2.75, 3.05) is 25.5 Å². The summed E-state index contributed by atoms with van der Waals surface area (Å²) in [5.41, 5.74) is -0.270. The fraction of sp³-hybridized carbons (Fsp3) is 0.706. The van der Waals surface area contributed by atoms with Gasteiger partial charge in [-0.05, 0) is 40.7 Å². The summed E-state index contributed by atoms with van der Waals surface area (Å²) in [6, 6.07) is 2.20. The number of likely N-dealkylation sites (N-methyl/N-ethyl adjacent to an activating group) is 1. The van der Waals surface area contributed by atoms with Crippen LogP contribution >= 0.6 is 0 Å². The van der Waals surface area contributed by atoms with Crippen LogP contribution < -0.4 is 10.6 Å². The van der Waals surface area contributed by atoms with Crippen molar-refractivity contribution in [1.29, 1.82) is 0 Å². The van der Waals surface area contributed by atoms with Crippen molar-refractivity contribution in [3.8, 4) is 0 Å². The van der Waals surface area contributed by atoms with Crippen molar-refractivity contribution in [3.05, 3.63) is 12.3 Å². The molecule has 0 aliphatic heterocycles. The summed E-state index contributed by atoms with van der Waals surface area (Å²) in [5.74, 6) is 0.508. The molecule has 0 unspecified atom stereocenters. The Labute approximate surface area is 143 Å². The second-order valence-corrected chi connectivity index (χ2v) is 7.62. The van der Waals surface area contributed by atoms with E-state index in [-0.39, 0.29) is 30.4 Å². The van der Waals surface area contributed by atoms with Gasteiger partial charge in [0.2, 0.25) is 11.8 Å². The predicted octanol–water partition coefficient (Wildman–Crippen LogP) is 1.78. The third kappa shape index (κ3) is 5.63. The highest BCUT2D eigenvalue weighted by molar-refractivity contribution is 5.91. The summed E-state index contributed by atoms with van der Waals surface area (Å²) in [6.45, 7) is 6.14. The minimum atomic E-state index is -0.270. The van der Waals surface area contributed by atoms with Crippen LogP contribution in [-0.4, -0.2) is 52.2 Å². The summed E-state index contributed by atoms with van der Waals surface area (Å²) >= 11 is 0. The molecule has 0 saturated heterocycles. The Balaban J connectivity index is 1.83. The van der Waals surface area contributed by atoms with E-state index in [0.717, 1.165) is 18.7 Å². The normalized spacial score (nSPS) is 15.7. The highest BCUT2D eigenvalue weighted by Crippen LogP contribution is 2.31. The first-order valence-electron chi connectivity index (χ1n) is 8.57. The van der Waals surface area contributed by atoms with Crippen LogP contribution in [0.15, 0.2) is 12.3 Å². The molecule has 1 aliphatic carbocycles. The molecular weight excluding hydrogens is 306 g/mol. The van der Waals surface area contributed by atoms with Gasteiger partial charge in [0, 0.05) is 11.6 Å². The average molecular weight is 335 g/mol. The second-order valence-electron chi connectivity index (χ2n) is 7.62. The predicted molar refractivity (Wildman–Crippen MR) is 93.8 cm³/mol. The molecule has 2 rings (SSSR count). The van der Waals surface area contributed by atoms with Gasteiger partial charge in [0.15, 0.2) is 0 Å². The number of amides is 2. The molecule has 0 atom stereocenters. The van der Waals surface area contributed by atoms with E-state index in [4.69, 9.17) is 0 Å². The molecule has 0 bridgehead atoms. The van der Waals surface area contributed by atoms with E-state index in [9.17, 15) is 9.59 Å². The van der Waals surface area contributed by atoms with Gasteiger partial charge in [0.05, 0.1) is 25.3 Å². The van der Waals surface area contributed by atoms with Crippen LogP contribution in [0.25, 0.3) is 0 Å². The summed E-state index contributed by atoms with van der Waals surface area (Å²) in [6.07, 6.45) is 6.36. The highest BCUT2D eigenvalue weighted by Gasteiger charge is 2.21. The van der Waals surface area contributed by atoms with Gasteiger partial charge in [-0.25, -0.2) is 4.68 Å². The van der Waals surface area contributed by atoms with Gasteiger partial charge in [-0.1, -0.05) is 12.8 Å². The third-order valence-corrected chi connectivity index (χ3v) is 3.95. The van der Waals surface area contributed by atoms with Gasteiger partial charge in [-0.2, -0.15) is 5.10 Å². The maximum atomic E-state index is 12.2. The van der Waals surface area contributed by atoms with Gasteiger partial charge in [-0.3, -0.25) is 14.5 Å². The topological polar surface area (TPSA) is 79.3 Å². The van der Waals surface area contributed by atoms with Gasteiger partial charge in [0.1, 0.15) is 5.82 Å². The third-order valence-electron chi connectivity index (χ3n) is 3.95. The second kappa shape index (κ2) is 7.79. The molecule has 0 aromatic carbocycles. The molecule has 134 valence electrons. The largest absolute Gasteiger partial charge is 0.350 e. The summed E-state index contributed by atoms with van der Waals surface area (Å²) in [5, 5.41) is 10.1. The lowest BCUT2D eigenvalue weighted by molar-refractivity contribution is -0.124. The molecule has 0 spiro atoms. The quantitative estimate of drug-likeness (QED) is 0.830. The zero-order valence-corrected chi connectivity index (χ0v) is 15.1. The Morgan fingerprint density at radius 1 is 1.25 bits per heavy atom. The number of aromatic nitrogens is 2. The Hall–Kier alpha value is -1.89. The van der Waals surface area contributed by atoms with Gasteiger partial charge >= 0.3 is 0 Å². The van der Waals surface area contributed by atoms with Gasteiger partial charge in [-0.15, -0.1) is 0 Å². The van der Waals surface area contributed by atoms with Crippen molar-refractivity contribution in [2.24, 2.45) is 0 Å². The van der Waals surface area contributed by atoms with Crippen LogP contribution in [0.2, 0.25) is 0 Å². The molecule has 1 heterocycles. The Bertz CT molecular complexity index is 570. The summed E-state index contributed by atoms with van der Waals surface area (Å²) < 4.78 is 1.91. The SMILES string of the molecule is CN(CC(=O)Nc1ccnn1C1CCCC1)CC(=O)NC(C)(C)C. The Kier molecular flexibility index (Phi) is 5.99. The fourth-order valence-corrected chi connectivity index (χ4v) is 3.04. The van der Waals surface area contributed by atoms with Gasteiger partial charge < -0.3 is 10.6 Å². The van der Waals surface area contributed by atoms with Crippen molar-refractivity contribution in [3.63, 3.8) is 0 Å². The van der Waals surface area contributed by atoms with Crippen molar-refractivity contribution < 1.29 is 9.59 Å². The Morgan fingerprint density at radius 2 is 1.88 bits per heavy atom. The lowest BCUT2D eigenvalue weighted by atomic mass is 10.1. The number of nitrogens with zero attached hydrogens (tertiary/aromatic N) is 3. The first kappa shape index (κ1) is 18.4. The molecule has 1 fully saturated rings. The lowest BCUT2D eigenvalue weighted by Gasteiger charge is -2.23. The van der Waals surface area contributed by atoms with Crippen LogP contribution in [0.4, 0.5) is 5.82 Å². The monoisotopic (exact) mass is 335 g/mol. The number of carbonyl (C=O) groups is 2. The van der Waals surface area contributed by atoms with Crippen LogP contribution in [0.3, 0.4) is 0 Å². The highest BCUT2D eigenvalue weighted by atomic mass is 16.2. The van der Waals surface area contributed by atoms with E-state index in [1.54, 1.807) is 18.1 Å². The number of nitrogens with one attached hydrogen (secondary N) is 2. The molecule has 0 radical (unpaired) electrons. The number of rotatable bonds is 6. The Morgan fingerprint density at radius 3 is 2.50 bits per heavy atom. The van der Waals surface area contributed by atoms with Crippen LogP contribution in [-0.2, 0) is 9.59 Å². The maximum absolute atomic E-state index is 12.2. The zero-order valence-electron chi connectivity index (χ0n) is 15.1. The number of anilines is 1. The van der Waals surface area contributed by atoms with E-state index in [2.05, 4.69) is 15.7 Å². The molecule has 1 aromatic rings. The smallest absolute Gasteiger partial charge is 0.239 e. The summed E-state index contributed by atoms with van der Waals surface area (Å²) in [7, 11) is 1.76. The van der Waals surface area contributed by atoms with Crippen molar-refractivity contribution in [2.45, 2.75) is 58.0 Å². The molecular formula is C17H29N5O2. The molecule has 1 saturated carbocycles. The molecule has 24 heavy (non-hydrogen) atoms. The first-order chi connectivity index (χ1) is 11.2. The van der Waals surface area contributed by atoms with E-state index >= 15 is 0 Å². The van der Waals surface area contributed by atoms with Crippen molar-refractivity contribution >= 4 is 17.6 Å². The molecule has 7 nitrogen and oxygen atoms in total. The van der Waals surface area contributed by atoms with Crippen LogP contribution in [0.5, 0.6) is 0 Å². The lowest BCUT2D eigenvalue weighted by Crippen LogP contribution is -2.46. The van der Waals surface area contributed by atoms with E-state index in [0.29, 0.717) is 6.04 Å². The number of hydrogen-bond donors (Lipinski definition) is 2. The molecule has 1 aromatic heterocycles. The van der Waals surface area contributed by atoms with E-state index < -0.39 is 0 Å². The number of carbonyl (C=O) groups excluding carboxylic acids is 2. The zero-order chi connectivity index (χ0) is 17.7. The number of hydrogen-bond acceptors (Lipinski definition) is 4. The standard InChI is InChI=1S/C17H29N5O2/c1-17(2,3)20-16(24)12-21(4)11-15(23)19-14-9-10-18-22(14)13-7-5-6-8-13/h9-10,13H,5-8,11-12H2,1-4H3,(H,19,23)(H,20,24). The van der Waals surface area contributed by atoms with E-state index in [1.807, 2.05) is 31.5 Å². The maximum Gasteiger partial charge on any atom is 0.239 e. The van der Waals surface area contributed by atoms with Crippen molar-refractivity contribution in [1.82, 2.24) is 20.0 Å². The van der Waals surface area contributed by atoms with Gasteiger partial charge in [0.25, 0.3) is 0 Å². The fourth-order valence-electron chi connectivity index (χ4n) is 3.04. The van der Waals surface area contributed by atoms with E-state index in [1.165, 1.54) is 12.8 Å². The first-order valence-corrected chi connectivity index (χ1v) is 8.57. The molecule has 2 amide bonds. The summed E-state index contributed by atoms with van der Waals surface area (Å²) in [4.78, 5) is 25.8. The van der Waals surface area contributed by atoms with Crippen LogP contribution in [0, 0.1) is 0 Å². The minimum Gasteiger partial charge on any atom is -0.350 e. The molecule has 1 aliphatic rings. The average Bonchev–Trinajstić information content (AvgIpc) is 3.05. The minimum absolute atomic E-state index is 0.0891. The van der Waals surface area contributed by atoms with Crippen LogP contribution in [0.1, 0.15) is 52.5 Å². The molecule has 7 heteroatoms.